The molecule has 134 valence electrons. The van der Waals surface area contributed by atoms with Crippen LogP contribution < -0.4 is 10.1 Å². The third-order valence-corrected chi connectivity index (χ3v) is 5.42. The molecule has 0 atom stereocenters. The zero-order chi connectivity index (χ0) is 17.6. The van der Waals surface area contributed by atoms with Crippen molar-refractivity contribution < 1.29 is 9.53 Å². The van der Waals surface area contributed by atoms with E-state index in [0.29, 0.717) is 11.2 Å². The maximum absolute atomic E-state index is 12.3. The number of hydrogen-bond acceptors (Lipinski definition) is 6. The number of nitrogens with one attached hydrogen (secondary N) is 1. The van der Waals surface area contributed by atoms with Gasteiger partial charge in [0.1, 0.15) is 5.75 Å². The van der Waals surface area contributed by atoms with Crippen LogP contribution >= 0.6 is 23.1 Å². The standard InChI is InChI=1S/C18H23N3O2S2/c1-12-10-19-18(25-12)21-17(22)9-13-7-16(8-14(20-13)11-24-2)23-15-5-3-4-6-15/h7-8,10,15H,3-6,9,11H2,1-2H3,(H,19,21,22). The normalized spacial score (nSPS) is 14.6. The largest absolute Gasteiger partial charge is 0.490 e. The second kappa shape index (κ2) is 8.67. The molecule has 1 fully saturated rings. The monoisotopic (exact) mass is 377 g/mol. The molecule has 1 saturated carbocycles. The van der Waals surface area contributed by atoms with Crippen molar-refractivity contribution in [2.24, 2.45) is 0 Å². The summed E-state index contributed by atoms with van der Waals surface area (Å²) in [7, 11) is 0. The predicted molar refractivity (Wildman–Crippen MR) is 104 cm³/mol. The van der Waals surface area contributed by atoms with Crippen LogP contribution in [-0.4, -0.2) is 28.2 Å². The minimum absolute atomic E-state index is 0.102. The molecule has 0 radical (unpaired) electrons. The number of aromatic nitrogens is 2. The predicted octanol–water partition coefficient (Wildman–Crippen LogP) is 4.21. The highest BCUT2D eigenvalue weighted by Crippen LogP contribution is 2.26. The van der Waals surface area contributed by atoms with Gasteiger partial charge in [0, 0.05) is 29.0 Å². The Morgan fingerprint density at radius 3 is 2.80 bits per heavy atom. The molecular formula is C18H23N3O2S2. The number of thioether (sulfide) groups is 1. The number of nitrogens with zero attached hydrogens (tertiary/aromatic N) is 2. The summed E-state index contributed by atoms with van der Waals surface area (Å²) in [6.07, 6.45) is 9.01. The maximum atomic E-state index is 12.3. The zero-order valence-electron chi connectivity index (χ0n) is 14.6. The molecule has 2 aromatic rings. The van der Waals surface area contributed by atoms with E-state index in [2.05, 4.69) is 15.3 Å². The van der Waals surface area contributed by atoms with Crippen molar-refractivity contribution in [2.75, 3.05) is 11.6 Å². The molecule has 25 heavy (non-hydrogen) atoms. The van der Waals surface area contributed by atoms with Gasteiger partial charge in [-0.3, -0.25) is 9.78 Å². The molecule has 3 rings (SSSR count). The number of ether oxygens (including phenoxy) is 1. The Labute approximate surface area is 156 Å². The van der Waals surface area contributed by atoms with Gasteiger partial charge in [-0.25, -0.2) is 4.98 Å². The summed E-state index contributed by atoms with van der Waals surface area (Å²) < 4.78 is 6.11. The van der Waals surface area contributed by atoms with E-state index >= 15 is 0 Å². The first-order valence-electron chi connectivity index (χ1n) is 8.50. The molecule has 1 amide bonds. The molecule has 0 saturated heterocycles. The molecule has 0 bridgehead atoms. The molecule has 2 heterocycles. The van der Waals surface area contributed by atoms with Gasteiger partial charge in [0.2, 0.25) is 5.91 Å². The smallest absolute Gasteiger partial charge is 0.232 e. The zero-order valence-corrected chi connectivity index (χ0v) is 16.2. The van der Waals surface area contributed by atoms with Crippen molar-refractivity contribution in [3.05, 3.63) is 34.6 Å². The first kappa shape index (κ1) is 18.2. The van der Waals surface area contributed by atoms with Crippen molar-refractivity contribution in [1.29, 1.82) is 0 Å². The highest BCUT2D eigenvalue weighted by molar-refractivity contribution is 7.97. The number of thiazole rings is 1. The van der Waals surface area contributed by atoms with Gasteiger partial charge in [-0.05, 0) is 38.9 Å². The number of amides is 1. The van der Waals surface area contributed by atoms with Crippen molar-refractivity contribution in [1.82, 2.24) is 9.97 Å². The van der Waals surface area contributed by atoms with E-state index in [-0.39, 0.29) is 12.3 Å². The van der Waals surface area contributed by atoms with E-state index < -0.39 is 0 Å². The Kier molecular flexibility index (Phi) is 6.31. The highest BCUT2D eigenvalue weighted by Gasteiger charge is 2.18. The van der Waals surface area contributed by atoms with Crippen molar-refractivity contribution >= 4 is 34.1 Å². The molecule has 7 heteroatoms. The summed E-state index contributed by atoms with van der Waals surface area (Å²) in [6, 6.07) is 3.90. The first-order chi connectivity index (χ1) is 12.1. The van der Waals surface area contributed by atoms with Gasteiger partial charge in [-0.15, -0.1) is 11.3 Å². The first-order valence-corrected chi connectivity index (χ1v) is 10.7. The molecule has 2 aromatic heterocycles. The molecule has 0 spiro atoms. The lowest BCUT2D eigenvalue weighted by atomic mass is 10.2. The van der Waals surface area contributed by atoms with Crippen LogP contribution in [0.25, 0.3) is 0 Å². The number of aryl methyl sites for hydroxylation is 1. The lowest BCUT2D eigenvalue weighted by molar-refractivity contribution is -0.115. The fourth-order valence-corrected chi connectivity index (χ4v) is 4.06. The molecular weight excluding hydrogens is 354 g/mol. The van der Waals surface area contributed by atoms with E-state index in [1.807, 2.05) is 25.3 Å². The van der Waals surface area contributed by atoms with Crippen LogP contribution in [0.3, 0.4) is 0 Å². The maximum Gasteiger partial charge on any atom is 0.232 e. The highest BCUT2D eigenvalue weighted by atomic mass is 32.2. The number of hydrogen-bond donors (Lipinski definition) is 1. The molecule has 0 aromatic carbocycles. The Morgan fingerprint density at radius 1 is 1.36 bits per heavy atom. The van der Waals surface area contributed by atoms with Crippen LogP contribution in [0.5, 0.6) is 5.75 Å². The van der Waals surface area contributed by atoms with E-state index in [1.165, 1.54) is 24.2 Å². The average molecular weight is 378 g/mol. The number of carbonyl (C=O) groups is 1. The van der Waals surface area contributed by atoms with Gasteiger partial charge in [0.05, 0.1) is 23.9 Å². The molecule has 1 aliphatic carbocycles. The summed E-state index contributed by atoms with van der Waals surface area (Å²) in [4.78, 5) is 22.1. The van der Waals surface area contributed by atoms with E-state index in [9.17, 15) is 4.79 Å². The van der Waals surface area contributed by atoms with Crippen LogP contribution in [0.2, 0.25) is 0 Å². The molecule has 1 N–H and O–H groups in total. The van der Waals surface area contributed by atoms with Crippen LogP contribution in [0, 0.1) is 6.92 Å². The van der Waals surface area contributed by atoms with Crippen LogP contribution in [0.4, 0.5) is 5.13 Å². The fraction of sp³-hybridized carbons (Fsp3) is 0.500. The van der Waals surface area contributed by atoms with Gasteiger partial charge in [-0.2, -0.15) is 11.8 Å². The average Bonchev–Trinajstić information content (AvgIpc) is 3.19. The van der Waals surface area contributed by atoms with E-state index in [1.54, 1.807) is 18.0 Å². The molecule has 0 aliphatic heterocycles. The van der Waals surface area contributed by atoms with Gasteiger partial charge >= 0.3 is 0 Å². The van der Waals surface area contributed by atoms with E-state index in [0.717, 1.165) is 40.6 Å². The minimum atomic E-state index is -0.102. The second-order valence-electron chi connectivity index (χ2n) is 6.24. The Morgan fingerprint density at radius 2 is 2.12 bits per heavy atom. The number of rotatable bonds is 7. The summed E-state index contributed by atoms with van der Waals surface area (Å²) in [5, 5.41) is 3.47. The lowest BCUT2D eigenvalue weighted by Crippen LogP contribution is -2.16. The van der Waals surface area contributed by atoms with E-state index in [4.69, 9.17) is 4.74 Å². The molecule has 5 nitrogen and oxygen atoms in total. The molecule has 0 unspecified atom stereocenters. The van der Waals surface area contributed by atoms with Crippen molar-refractivity contribution in [2.45, 2.75) is 50.9 Å². The van der Waals surface area contributed by atoms with Crippen LogP contribution in [0.1, 0.15) is 41.9 Å². The fourth-order valence-electron chi connectivity index (χ4n) is 2.94. The SMILES string of the molecule is CSCc1cc(OC2CCCC2)cc(CC(=O)Nc2ncc(C)s2)n1. The summed E-state index contributed by atoms with van der Waals surface area (Å²) in [5.41, 5.74) is 1.70. The second-order valence-corrected chi connectivity index (χ2v) is 8.34. The third kappa shape index (κ3) is 5.44. The van der Waals surface area contributed by atoms with Crippen LogP contribution in [0.15, 0.2) is 18.3 Å². The summed E-state index contributed by atoms with van der Waals surface area (Å²) in [5.74, 6) is 1.54. The number of anilines is 1. The van der Waals surface area contributed by atoms with Crippen LogP contribution in [-0.2, 0) is 17.0 Å². The quantitative estimate of drug-likeness (QED) is 0.783. The Hall–Kier alpha value is -1.60. The third-order valence-electron chi connectivity index (χ3n) is 4.01. The summed E-state index contributed by atoms with van der Waals surface area (Å²) >= 11 is 3.18. The van der Waals surface area contributed by atoms with Gasteiger partial charge in [0.25, 0.3) is 0 Å². The topological polar surface area (TPSA) is 64.1 Å². The molecule has 1 aliphatic rings. The van der Waals surface area contributed by atoms with Crippen molar-refractivity contribution in [3.63, 3.8) is 0 Å². The van der Waals surface area contributed by atoms with Gasteiger partial charge in [0.15, 0.2) is 5.13 Å². The summed E-state index contributed by atoms with van der Waals surface area (Å²) in [6.45, 7) is 1.97. The van der Waals surface area contributed by atoms with Gasteiger partial charge in [-0.1, -0.05) is 0 Å². The van der Waals surface area contributed by atoms with Crippen molar-refractivity contribution in [3.8, 4) is 5.75 Å². The lowest BCUT2D eigenvalue weighted by Gasteiger charge is -2.15. The Bertz CT molecular complexity index is 727. The Balaban J connectivity index is 1.69. The van der Waals surface area contributed by atoms with Gasteiger partial charge < -0.3 is 10.1 Å². The minimum Gasteiger partial charge on any atom is -0.490 e. The number of carbonyl (C=O) groups excluding carboxylic acids is 1. The number of pyridine rings is 1.